The lowest BCUT2D eigenvalue weighted by atomic mass is 10.0. The van der Waals surface area contributed by atoms with Crippen LogP contribution in [-0.2, 0) is 38.8 Å². The van der Waals surface area contributed by atoms with Gasteiger partial charge in [-0.1, -0.05) is 72.6 Å². The van der Waals surface area contributed by atoms with Crippen LogP contribution >= 0.6 is 23.2 Å². The zero-order valence-corrected chi connectivity index (χ0v) is 25.2. The molecule has 2 amide bonds. The molecule has 1 atom stereocenters. The average molecular weight is 645 g/mol. The molecule has 0 heterocycles. The lowest BCUT2D eigenvalue weighted by Crippen LogP contribution is -2.53. The van der Waals surface area contributed by atoms with Crippen molar-refractivity contribution >= 4 is 50.7 Å². The van der Waals surface area contributed by atoms with E-state index in [1.807, 2.05) is 6.92 Å². The Hall–Kier alpha value is -3.28. The van der Waals surface area contributed by atoms with E-state index in [-0.39, 0.29) is 18.0 Å². The monoisotopic (exact) mass is 643 g/mol. The summed E-state index contributed by atoms with van der Waals surface area (Å²) >= 11 is 12.2. The topological polar surface area (TPSA) is 86.8 Å². The highest BCUT2D eigenvalue weighted by atomic mass is 35.5. The number of carbonyl (C=O) groups is 2. The summed E-state index contributed by atoms with van der Waals surface area (Å²) in [5, 5.41) is 2.95. The van der Waals surface area contributed by atoms with Crippen molar-refractivity contribution in [1.82, 2.24) is 10.2 Å². The predicted molar refractivity (Wildman–Crippen MR) is 158 cm³/mol. The molecule has 0 fully saturated rings. The first kappa shape index (κ1) is 33.2. The summed E-state index contributed by atoms with van der Waals surface area (Å²) in [4.78, 5) is 28.7. The zero-order chi connectivity index (χ0) is 31.1. The van der Waals surface area contributed by atoms with Crippen molar-refractivity contribution in [3.63, 3.8) is 0 Å². The fourth-order valence-corrected chi connectivity index (χ4v) is 5.43. The molecule has 0 aliphatic rings. The molecule has 0 aliphatic carbocycles. The molecule has 3 aromatic carbocycles. The standard InChI is InChI=1S/C29H30Cl2F3N3O4S/c1-3-15-35-28(39)26(16-20-7-5-4-6-8-20)36(18-21-9-12-23(30)13-10-21)27(38)19-37(42(2,40)41)25-17-22(29(32,33)34)11-14-24(25)31/h4-14,17,26H,3,15-16,18-19H2,1-2H3,(H,35,39)/t26-/m1/s1. The molecule has 0 aromatic heterocycles. The quantitative estimate of drug-likeness (QED) is 0.264. The maximum Gasteiger partial charge on any atom is 0.416 e. The number of nitrogens with zero attached hydrogens (tertiary/aromatic N) is 2. The maximum absolute atomic E-state index is 14.0. The molecule has 0 saturated heterocycles. The van der Waals surface area contributed by atoms with E-state index in [9.17, 15) is 31.2 Å². The molecular formula is C29H30Cl2F3N3O4S. The molecule has 0 bridgehead atoms. The largest absolute Gasteiger partial charge is 0.416 e. The lowest BCUT2D eigenvalue weighted by molar-refractivity contribution is -0.140. The summed E-state index contributed by atoms with van der Waals surface area (Å²) in [6.07, 6.45) is -3.30. The Morgan fingerprint density at radius 1 is 0.952 bits per heavy atom. The number of sulfonamides is 1. The van der Waals surface area contributed by atoms with E-state index in [0.29, 0.717) is 33.9 Å². The first-order valence-corrected chi connectivity index (χ1v) is 15.5. The molecule has 0 aliphatic heterocycles. The molecule has 0 saturated carbocycles. The van der Waals surface area contributed by atoms with Gasteiger partial charge in [-0.25, -0.2) is 8.42 Å². The van der Waals surface area contributed by atoms with Gasteiger partial charge in [-0.15, -0.1) is 0 Å². The smallest absolute Gasteiger partial charge is 0.354 e. The Labute approximate surface area is 253 Å². The van der Waals surface area contributed by atoms with E-state index in [1.54, 1.807) is 54.6 Å². The van der Waals surface area contributed by atoms with Gasteiger partial charge in [-0.3, -0.25) is 13.9 Å². The van der Waals surface area contributed by atoms with Gasteiger partial charge in [0, 0.05) is 24.5 Å². The van der Waals surface area contributed by atoms with Crippen LogP contribution in [0.2, 0.25) is 10.0 Å². The van der Waals surface area contributed by atoms with Crippen LogP contribution in [0.4, 0.5) is 18.9 Å². The second kappa shape index (κ2) is 14.3. The van der Waals surface area contributed by atoms with E-state index in [2.05, 4.69) is 5.32 Å². The third-order valence-corrected chi connectivity index (χ3v) is 8.01. The van der Waals surface area contributed by atoms with Crippen molar-refractivity contribution in [2.75, 3.05) is 23.7 Å². The van der Waals surface area contributed by atoms with Crippen LogP contribution < -0.4 is 9.62 Å². The lowest BCUT2D eigenvalue weighted by Gasteiger charge is -2.33. The van der Waals surface area contributed by atoms with Crippen LogP contribution in [0, 0.1) is 0 Å². The van der Waals surface area contributed by atoms with Crippen molar-refractivity contribution < 1.29 is 31.2 Å². The summed E-state index contributed by atoms with van der Waals surface area (Å²) < 4.78 is 66.7. The Kier molecular flexibility index (Phi) is 11.3. The van der Waals surface area contributed by atoms with Crippen molar-refractivity contribution in [2.24, 2.45) is 0 Å². The van der Waals surface area contributed by atoms with Gasteiger partial charge in [0.15, 0.2) is 0 Å². The SMILES string of the molecule is CCCNC(=O)[C@@H](Cc1ccccc1)N(Cc1ccc(Cl)cc1)C(=O)CN(c1cc(C(F)(F)F)ccc1Cl)S(C)(=O)=O. The van der Waals surface area contributed by atoms with E-state index < -0.39 is 51.9 Å². The third kappa shape index (κ3) is 9.11. The fourth-order valence-electron chi connectivity index (χ4n) is 4.18. The number of alkyl halides is 3. The molecule has 42 heavy (non-hydrogen) atoms. The highest BCUT2D eigenvalue weighted by molar-refractivity contribution is 7.92. The second-order valence-electron chi connectivity index (χ2n) is 9.58. The molecule has 13 heteroatoms. The Morgan fingerprint density at radius 2 is 1.60 bits per heavy atom. The van der Waals surface area contributed by atoms with Gasteiger partial charge in [0.05, 0.1) is 22.5 Å². The molecule has 0 radical (unpaired) electrons. The van der Waals surface area contributed by atoms with Crippen LogP contribution in [-0.4, -0.2) is 50.5 Å². The van der Waals surface area contributed by atoms with E-state index >= 15 is 0 Å². The number of anilines is 1. The minimum absolute atomic E-state index is 0.0961. The molecule has 3 rings (SSSR count). The Bertz CT molecular complexity index is 1490. The van der Waals surface area contributed by atoms with E-state index in [1.165, 1.54) is 4.90 Å². The molecule has 226 valence electrons. The van der Waals surface area contributed by atoms with Crippen LogP contribution in [0.25, 0.3) is 0 Å². The zero-order valence-electron chi connectivity index (χ0n) is 22.9. The highest BCUT2D eigenvalue weighted by Crippen LogP contribution is 2.36. The molecule has 3 aromatic rings. The van der Waals surface area contributed by atoms with Crippen molar-refractivity contribution in [3.05, 3.63) is 99.5 Å². The molecule has 0 spiro atoms. The first-order chi connectivity index (χ1) is 19.7. The van der Waals surface area contributed by atoms with Crippen LogP contribution in [0.15, 0.2) is 72.8 Å². The second-order valence-corrected chi connectivity index (χ2v) is 12.3. The van der Waals surface area contributed by atoms with Crippen LogP contribution in [0.1, 0.15) is 30.0 Å². The highest BCUT2D eigenvalue weighted by Gasteiger charge is 2.35. The summed E-state index contributed by atoms with van der Waals surface area (Å²) in [6, 6.07) is 16.6. The summed E-state index contributed by atoms with van der Waals surface area (Å²) in [5.74, 6) is -1.29. The molecule has 1 N–H and O–H groups in total. The fraction of sp³-hybridized carbons (Fsp3) is 0.310. The van der Waals surface area contributed by atoms with Gasteiger partial charge in [0.2, 0.25) is 21.8 Å². The first-order valence-electron chi connectivity index (χ1n) is 12.9. The van der Waals surface area contributed by atoms with Crippen LogP contribution in [0.5, 0.6) is 0 Å². The number of rotatable bonds is 12. The minimum Gasteiger partial charge on any atom is -0.354 e. The predicted octanol–water partition coefficient (Wildman–Crippen LogP) is 5.94. The number of hydrogen-bond acceptors (Lipinski definition) is 4. The Morgan fingerprint density at radius 3 is 2.17 bits per heavy atom. The van der Waals surface area contributed by atoms with Crippen LogP contribution in [0.3, 0.4) is 0 Å². The van der Waals surface area contributed by atoms with Crippen molar-refractivity contribution in [3.8, 4) is 0 Å². The van der Waals surface area contributed by atoms with Gasteiger partial charge >= 0.3 is 6.18 Å². The van der Waals surface area contributed by atoms with Gasteiger partial charge in [-0.05, 0) is 47.9 Å². The van der Waals surface area contributed by atoms with Gasteiger partial charge < -0.3 is 10.2 Å². The summed E-state index contributed by atoms with van der Waals surface area (Å²) in [7, 11) is -4.31. The molecule has 0 unspecified atom stereocenters. The number of carbonyl (C=O) groups excluding carboxylic acids is 2. The van der Waals surface area contributed by atoms with Gasteiger partial charge in [0.1, 0.15) is 12.6 Å². The maximum atomic E-state index is 14.0. The summed E-state index contributed by atoms with van der Waals surface area (Å²) in [5.41, 5.74) is -0.313. The number of nitrogens with one attached hydrogen (secondary N) is 1. The number of hydrogen-bond donors (Lipinski definition) is 1. The Balaban J connectivity index is 2.09. The third-order valence-electron chi connectivity index (χ3n) is 6.31. The molecule has 7 nitrogen and oxygen atoms in total. The average Bonchev–Trinajstić information content (AvgIpc) is 2.93. The number of amides is 2. The number of benzene rings is 3. The van der Waals surface area contributed by atoms with E-state index in [0.717, 1.165) is 24.0 Å². The molecular weight excluding hydrogens is 614 g/mol. The van der Waals surface area contributed by atoms with E-state index in [4.69, 9.17) is 23.2 Å². The summed E-state index contributed by atoms with van der Waals surface area (Å²) in [6.45, 7) is 1.19. The van der Waals surface area contributed by atoms with Gasteiger partial charge in [0.25, 0.3) is 0 Å². The normalized spacial score (nSPS) is 12.5. The van der Waals surface area contributed by atoms with Crippen molar-refractivity contribution in [1.29, 1.82) is 0 Å². The van der Waals surface area contributed by atoms with Gasteiger partial charge in [-0.2, -0.15) is 13.2 Å². The number of halogens is 5. The minimum atomic E-state index is -4.79. The van der Waals surface area contributed by atoms with Crippen molar-refractivity contribution in [2.45, 2.75) is 38.5 Å².